The van der Waals surface area contributed by atoms with Crippen LogP contribution in [0.25, 0.3) is 16.1 Å². The van der Waals surface area contributed by atoms with Crippen molar-refractivity contribution in [1.29, 1.82) is 5.39 Å². The molecule has 0 fully saturated rings. The smallest absolute Gasteiger partial charge is 0.407 e. The lowest BCUT2D eigenvalue weighted by Gasteiger charge is -2.28. The first kappa shape index (κ1) is 20.0. The first-order valence-corrected chi connectivity index (χ1v) is 11.1. The van der Waals surface area contributed by atoms with Crippen LogP contribution in [0, 0.1) is 5.39 Å². The van der Waals surface area contributed by atoms with Crippen molar-refractivity contribution in [2.75, 3.05) is 6.61 Å². The van der Waals surface area contributed by atoms with E-state index >= 15 is 0 Å². The fourth-order valence-electron chi connectivity index (χ4n) is 4.92. The number of fused-ring (bicyclic) bond motifs is 5. The number of rotatable bonds is 3. The standard InChI is InChI=1S/C28H19N3O3/c29-31-17-13-14-23-26(15-17)34-25-12-6-5-11-22(25)27(23)30-28(32)33-16-24-20-9-3-1-7-18(20)19-8-2-4-10-21(19)24/h1-15,24,27H,16H2/p+1. The maximum Gasteiger partial charge on any atom is 0.407 e. The first-order valence-electron chi connectivity index (χ1n) is 11.1. The summed E-state index contributed by atoms with van der Waals surface area (Å²) >= 11 is 0. The van der Waals surface area contributed by atoms with Gasteiger partial charge in [0.15, 0.2) is 4.98 Å². The fourth-order valence-corrected chi connectivity index (χ4v) is 4.92. The van der Waals surface area contributed by atoms with E-state index in [0.717, 1.165) is 11.1 Å². The Bertz CT molecular complexity index is 1430. The van der Waals surface area contributed by atoms with Gasteiger partial charge in [0, 0.05) is 23.1 Å². The predicted octanol–water partition coefficient (Wildman–Crippen LogP) is 6.90. The van der Waals surface area contributed by atoms with Gasteiger partial charge in [0.05, 0.1) is 12.1 Å². The molecule has 0 spiro atoms. The number of carbonyl (C=O) groups is 1. The molecule has 6 rings (SSSR count). The number of amides is 1. The van der Waals surface area contributed by atoms with E-state index in [0.29, 0.717) is 17.2 Å². The Morgan fingerprint density at radius 2 is 1.44 bits per heavy atom. The second kappa shape index (κ2) is 8.05. The normalized spacial score (nSPS) is 15.1. The van der Waals surface area contributed by atoms with E-state index in [1.165, 1.54) is 22.3 Å². The van der Waals surface area contributed by atoms with Crippen molar-refractivity contribution < 1.29 is 14.3 Å². The van der Waals surface area contributed by atoms with Crippen LogP contribution in [0.1, 0.15) is 34.2 Å². The molecule has 0 aromatic heterocycles. The number of alkyl carbamates (subject to hydrolysis) is 1. The number of nitrogens with zero attached hydrogens (tertiary/aromatic N) is 2. The predicted molar refractivity (Wildman–Crippen MR) is 128 cm³/mol. The molecule has 1 atom stereocenters. The average Bonchev–Trinajstić information content (AvgIpc) is 3.20. The summed E-state index contributed by atoms with van der Waals surface area (Å²) in [7, 11) is 0. The Kier molecular flexibility index (Phi) is 4.74. The summed E-state index contributed by atoms with van der Waals surface area (Å²) in [6.45, 7) is 0.236. The van der Waals surface area contributed by atoms with Crippen LogP contribution in [-0.4, -0.2) is 12.7 Å². The Morgan fingerprint density at radius 3 is 2.15 bits per heavy atom. The van der Waals surface area contributed by atoms with Crippen molar-refractivity contribution in [2.24, 2.45) is 0 Å². The topological polar surface area (TPSA) is 75.7 Å². The molecule has 2 aliphatic rings. The largest absolute Gasteiger partial charge is 0.456 e. The summed E-state index contributed by atoms with van der Waals surface area (Å²) < 4.78 is 11.8. The molecular weight excluding hydrogens is 426 g/mol. The van der Waals surface area contributed by atoms with E-state index in [9.17, 15) is 4.79 Å². The van der Waals surface area contributed by atoms with Crippen LogP contribution in [0.3, 0.4) is 0 Å². The molecule has 1 unspecified atom stereocenters. The molecule has 1 heterocycles. The van der Waals surface area contributed by atoms with Gasteiger partial charge in [-0.2, -0.15) is 0 Å². The third-order valence-electron chi connectivity index (χ3n) is 6.48. The van der Waals surface area contributed by atoms with Gasteiger partial charge in [0.1, 0.15) is 18.1 Å². The molecule has 0 radical (unpaired) electrons. The molecule has 4 aromatic carbocycles. The van der Waals surface area contributed by atoms with Gasteiger partial charge in [-0.05, 0) is 34.4 Å². The maximum absolute atomic E-state index is 13.0. The molecule has 1 aliphatic heterocycles. The van der Waals surface area contributed by atoms with Crippen LogP contribution in [0.15, 0.2) is 91.0 Å². The minimum Gasteiger partial charge on any atom is -0.456 e. The molecule has 0 saturated heterocycles. The highest BCUT2D eigenvalue weighted by Gasteiger charge is 2.32. The quantitative estimate of drug-likeness (QED) is 0.347. The molecule has 1 amide bonds. The first-order chi connectivity index (χ1) is 16.7. The number of nitrogens with one attached hydrogen (secondary N) is 1. The van der Waals surface area contributed by atoms with E-state index in [1.807, 2.05) is 48.5 Å². The van der Waals surface area contributed by atoms with Gasteiger partial charge in [-0.1, -0.05) is 66.7 Å². The third kappa shape index (κ3) is 3.26. The Balaban J connectivity index is 1.25. The summed E-state index contributed by atoms with van der Waals surface area (Å²) in [4.78, 5) is 16.2. The molecule has 1 aliphatic carbocycles. The Labute approximate surface area is 196 Å². The zero-order chi connectivity index (χ0) is 23.1. The van der Waals surface area contributed by atoms with Crippen molar-refractivity contribution >= 4 is 11.8 Å². The lowest BCUT2D eigenvalue weighted by atomic mass is 9.94. The van der Waals surface area contributed by atoms with E-state index < -0.39 is 12.1 Å². The van der Waals surface area contributed by atoms with Gasteiger partial charge in [-0.25, -0.2) is 4.79 Å². The average molecular weight is 446 g/mol. The SMILES string of the molecule is N#[N+]c1ccc2c(c1)Oc1ccccc1C2NC(=O)OCC1c2ccccc2-c2ccccc21. The number of para-hydroxylation sites is 1. The zero-order valence-corrected chi connectivity index (χ0v) is 18.1. The van der Waals surface area contributed by atoms with E-state index in [1.54, 1.807) is 18.2 Å². The maximum atomic E-state index is 13.0. The highest BCUT2D eigenvalue weighted by Crippen LogP contribution is 2.46. The van der Waals surface area contributed by atoms with Gasteiger partial charge in [0.2, 0.25) is 5.39 Å². The van der Waals surface area contributed by atoms with E-state index in [-0.39, 0.29) is 12.5 Å². The minimum atomic E-state index is -0.509. The van der Waals surface area contributed by atoms with Crippen LogP contribution in [0.4, 0.5) is 10.5 Å². The lowest BCUT2D eigenvalue weighted by Crippen LogP contribution is -2.32. The van der Waals surface area contributed by atoms with Crippen molar-refractivity contribution in [3.63, 3.8) is 0 Å². The molecule has 164 valence electrons. The number of diazo groups is 1. The molecule has 0 saturated carbocycles. The van der Waals surface area contributed by atoms with E-state index in [4.69, 9.17) is 14.9 Å². The van der Waals surface area contributed by atoms with Crippen LogP contribution < -0.4 is 10.1 Å². The zero-order valence-electron chi connectivity index (χ0n) is 18.1. The Morgan fingerprint density at radius 1 is 0.824 bits per heavy atom. The number of carbonyl (C=O) groups excluding carboxylic acids is 1. The molecule has 6 heteroatoms. The van der Waals surface area contributed by atoms with Crippen molar-refractivity contribution in [1.82, 2.24) is 5.32 Å². The van der Waals surface area contributed by atoms with Crippen molar-refractivity contribution in [2.45, 2.75) is 12.0 Å². The molecule has 6 nitrogen and oxygen atoms in total. The highest BCUT2D eigenvalue weighted by atomic mass is 16.5. The van der Waals surface area contributed by atoms with Gasteiger partial charge in [0.25, 0.3) is 0 Å². The highest BCUT2D eigenvalue weighted by molar-refractivity contribution is 5.79. The third-order valence-corrected chi connectivity index (χ3v) is 6.48. The number of hydrogen-bond acceptors (Lipinski definition) is 4. The second-order valence-electron chi connectivity index (χ2n) is 8.36. The van der Waals surface area contributed by atoms with Gasteiger partial charge >= 0.3 is 11.8 Å². The Hall–Kier alpha value is -4.63. The summed E-state index contributed by atoms with van der Waals surface area (Å²) in [6.07, 6.45) is -0.509. The van der Waals surface area contributed by atoms with Crippen LogP contribution in [0.5, 0.6) is 11.5 Å². The van der Waals surface area contributed by atoms with Gasteiger partial charge in [-0.15, -0.1) is 0 Å². The summed E-state index contributed by atoms with van der Waals surface area (Å²) in [5.41, 5.74) is 6.67. The number of benzene rings is 4. The molecule has 34 heavy (non-hydrogen) atoms. The van der Waals surface area contributed by atoms with Crippen molar-refractivity contribution in [3.8, 4) is 22.6 Å². The minimum absolute atomic E-state index is 0.0128. The fraction of sp³-hybridized carbons (Fsp3) is 0.107. The van der Waals surface area contributed by atoms with Crippen LogP contribution in [-0.2, 0) is 4.74 Å². The summed E-state index contributed by atoms with van der Waals surface area (Å²) in [6, 6.07) is 28.7. The van der Waals surface area contributed by atoms with Gasteiger partial charge in [-0.3, -0.25) is 0 Å². The van der Waals surface area contributed by atoms with Crippen LogP contribution >= 0.6 is 0 Å². The molecular formula is C28H20N3O3+. The van der Waals surface area contributed by atoms with Crippen LogP contribution in [0.2, 0.25) is 0 Å². The molecule has 0 bridgehead atoms. The van der Waals surface area contributed by atoms with Crippen molar-refractivity contribution in [3.05, 3.63) is 118 Å². The number of hydrogen-bond donors (Lipinski definition) is 1. The monoisotopic (exact) mass is 446 g/mol. The van der Waals surface area contributed by atoms with Gasteiger partial charge < -0.3 is 14.8 Å². The number of ether oxygens (including phenoxy) is 2. The summed E-state index contributed by atoms with van der Waals surface area (Å²) in [5, 5.41) is 12.1. The lowest BCUT2D eigenvalue weighted by molar-refractivity contribution is 0.140. The second-order valence-corrected chi connectivity index (χ2v) is 8.36. The van der Waals surface area contributed by atoms with E-state index in [2.05, 4.69) is 34.6 Å². The molecule has 1 N–H and O–H groups in total. The summed E-state index contributed by atoms with van der Waals surface area (Å²) in [5.74, 6) is 1.15. The molecule has 4 aromatic rings.